The van der Waals surface area contributed by atoms with Gasteiger partial charge in [-0.15, -0.1) is 0 Å². The molecule has 0 saturated heterocycles. The largest absolute Gasteiger partial charge is 0.265 e. The van der Waals surface area contributed by atoms with E-state index in [1.807, 2.05) is 44.2 Å². The molecule has 0 radical (unpaired) electrons. The van der Waals surface area contributed by atoms with E-state index in [0.29, 0.717) is 18.0 Å². The third-order valence-corrected chi connectivity index (χ3v) is 6.20. The summed E-state index contributed by atoms with van der Waals surface area (Å²) in [5, 5.41) is 0. The molecule has 24 heavy (non-hydrogen) atoms. The maximum atomic E-state index is 13.2. The highest BCUT2D eigenvalue weighted by Crippen LogP contribution is 2.28. The molecule has 0 aliphatic rings. The fraction of sp³-hybridized carbons (Fsp3) is 0.421. The molecule has 2 rings (SSSR count). The summed E-state index contributed by atoms with van der Waals surface area (Å²) >= 11 is 0. The van der Waals surface area contributed by atoms with E-state index in [4.69, 9.17) is 0 Å². The standard InChI is InChI=1S/C19H26N2O2S/c1-6-21(14-16-9-11-20-12-10-16)24(22,23)18-13-17(19(3,4)5)8-7-15(18)2/h7-13H,6,14H2,1-5H3. The van der Waals surface area contributed by atoms with Crippen LogP contribution in [0.15, 0.2) is 47.6 Å². The Balaban J connectivity index is 2.44. The van der Waals surface area contributed by atoms with Crippen molar-refractivity contribution in [3.63, 3.8) is 0 Å². The summed E-state index contributed by atoms with van der Waals surface area (Å²) in [5.41, 5.74) is 2.63. The van der Waals surface area contributed by atoms with Crippen molar-refractivity contribution in [3.8, 4) is 0 Å². The van der Waals surface area contributed by atoms with Crippen LogP contribution >= 0.6 is 0 Å². The summed E-state index contributed by atoms with van der Waals surface area (Å²) in [6.07, 6.45) is 3.36. The van der Waals surface area contributed by atoms with Crippen LogP contribution in [0.1, 0.15) is 44.4 Å². The zero-order chi connectivity index (χ0) is 18.0. The quantitative estimate of drug-likeness (QED) is 0.825. The van der Waals surface area contributed by atoms with Crippen LogP contribution in [0.3, 0.4) is 0 Å². The number of sulfonamides is 1. The van der Waals surface area contributed by atoms with E-state index in [2.05, 4.69) is 25.8 Å². The van der Waals surface area contributed by atoms with Gasteiger partial charge in [0.2, 0.25) is 10.0 Å². The van der Waals surface area contributed by atoms with Gasteiger partial charge in [-0.05, 0) is 47.2 Å². The van der Waals surface area contributed by atoms with E-state index in [1.165, 1.54) is 4.31 Å². The number of hydrogen-bond acceptors (Lipinski definition) is 3. The van der Waals surface area contributed by atoms with Gasteiger partial charge in [0.15, 0.2) is 0 Å². The van der Waals surface area contributed by atoms with Gasteiger partial charge < -0.3 is 0 Å². The van der Waals surface area contributed by atoms with Crippen LogP contribution < -0.4 is 0 Å². The minimum atomic E-state index is -3.55. The first-order chi connectivity index (χ1) is 11.2. The van der Waals surface area contributed by atoms with Gasteiger partial charge in [-0.1, -0.05) is 39.8 Å². The molecule has 0 atom stereocenters. The first kappa shape index (κ1) is 18.6. The smallest absolute Gasteiger partial charge is 0.243 e. The minimum absolute atomic E-state index is 0.0971. The van der Waals surface area contributed by atoms with Crippen molar-refractivity contribution in [2.24, 2.45) is 0 Å². The van der Waals surface area contributed by atoms with Crippen LogP contribution in [-0.2, 0) is 22.0 Å². The second kappa shape index (κ2) is 7.03. The number of rotatable bonds is 5. The molecule has 5 heteroatoms. The lowest BCUT2D eigenvalue weighted by Crippen LogP contribution is -2.31. The molecule has 2 aromatic rings. The van der Waals surface area contributed by atoms with E-state index in [9.17, 15) is 8.42 Å². The zero-order valence-electron chi connectivity index (χ0n) is 15.1. The molecule has 1 heterocycles. The van der Waals surface area contributed by atoms with Crippen molar-refractivity contribution in [2.75, 3.05) is 6.54 Å². The maximum absolute atomic E-state index is 13.2. The lowest BCUT2D eigenvalue weighted by molar-refractivity contribution is 0.422. The summed E-state index contributed by atoms with van der Waals surface area (Å²) in [4.78, 5) is 4.38. The van der Waals surface area contributed by atoms with Crippen LogP contribution in [0.2, 0.25) is 0 Å². The molecule has 130 valence electrons. The molecule has 4 nitrogen and oxygen atoms in total. The summed E-state index contributed by atoms with van der Waals surface area (Å²) in [5.74, 6) is 0. The van der Waals surface area contributed by atoms with Crippen molar-refractivity contribution in [1.82, 2.24) is 9.29 Å². The molecule has 0 amide bonds. The van der Waals surface area contributed by atoms with Gasteiger partial charge in [-0.3, -0.25) is 4.98 Å². The van der Waals surface area contributed by atoms with Gasteiger partial charge in [0, 0.05) is 25.5 Å². The monoisotopic (exact) mass is 346 g/mol. The Hall–Kier alpha value is -1.72. The molecule has 1 aromatic heterocycles. The Morgan fingerprint density at radius 2 is 1.71 bits per heavy atom. The van der Waals surface area contributed by atoms with E-state index >= 15 is 0 Å². The molecule has 0 fully saturated rings. The Labute approximate surface area is 145 Å². The Bertz CT molecular complexity index is 794. The third kappa shape index (κ3) is 4.02. The van der Waals surface area contributed by atoms with E-state index < -0.39 is 10.0 Å². The Kier molecular flexibility index (Phi) is 5.45. The highest BCUT2D eigenvalue weighted by molar-refractivity contribution is 7.89. The first-order valence-electron chi connectivity index (χ1n) is 8.16. The predicted octanol–water partition coefficient (Wildman–Crippen LogP) is 3.90. The van der Waals surface area contributed by atoms with E-state index in [-0.39, 0.29) is 5.41 Å². The van der Waals surface area contributed by atoms with E-state index in [0.717, 1.165) is 16.7 Å². The van der Waals surface area contributed by atoms with Crippen LogP contribution in [0.25, 0.3) is 0 Å². The average Bonchev–Trinajstić information content (AvgIpc) is 2.52. The molecular weight excluding hydrogens is 320 g/mol. The highest BCUT2D eigenvalue weighted by atomic mass is 32.2. The van der Waals surface area contributed by atoms with Crippen LogP contribution in [0.4, 0.5) is 0 Å². The predicted molar refractivity (Wildman–Crippen MR) is 97.4 cm³/mol. The van der Waals surface area contributed by atoms with Gasteiger partial charge in [0.1, 0.15) is 0 Å². The number of pyridine rings is 1. The maximum Gasteiger partial charge on any atom is 0.243 e. The molecule has 0 unspecified atom stereocenters. The van der Waals surface area contributed by atoms with Gasteiger partial charge >= 0.3 is 0 Å². The van der Waals surface area contributed by atoms with Gasteiger partial charge in [0.05, 0.1) is 4.90 Å². The zero-order valence-corrected chi connectivity index (χ0v) is 15.9. The summed E-state index contributed by atoms with van der Waals surface area (Å²) < 4.78 is 27.9. The third-order valence-electron chi connectivity index (χ3n) is 4.13. The molecule has 0 aliphatic carbocycles. The molecule has 0 spiro atoms. The van der Waals surface area contributed by atoms with Crippen molar-refractivity contribution in [1.29, 1.82) is 0 Å². The number of hydrogen-bond donors (Lipinski definition) is 0. The summed E-state index contributed by atoms with van der Waals surface area (Å²) in [7, 11) is -3.55. The Morgan fingerprint density at radius 1 is 1.08 bits per heavy atom. The molecule has 0 bridgehead atoms. The van der Waals surface area contributed by atoms with Gasteiger partial charge in [-0.2, -0.15) is 4.31 Å². The topological polar surface area (TPSA) is 50.3 Å². The minimum Gasteiger partial charge on any atom is -0.265 e. The normalized spacial score (nSPS) is 12.6. The van der Waals surface area contributed by atoms with Crippen LogP contribution in [0, 0.1) is 6.92 Å². The number of aromatic nitrogens is 1. The SMILES string of the molecule is CCN(Cc1ccncc1)S(=O)(=O)c1cc(C(C)(C)C)ccc1C. The molecular formula is C19H26N2O2S. The van der Waals surface area contributed by atoms with Crippen LogP contribution in [-0.4, -0.2) is 24.3 Å². The van der Waals surface area contributed by atoms with Gasteiger partial charge in [0.25, 0.3) is 0 Å². The van der Waals surface area contributed by atoms with Gasteiger partial charge in [-0.25, -0.2) is 8.42 Å². The molecule has 1 aromatic carbocycles. The average molecular weight is 346 g/mol. The second-order valence-electron chi connectivity index (χ2n) is 7.02. The first-order valence-corrected chi connectivity index (χ1v) is 9.60. The molecule has 0 N–H and O–H groups in total. The number of nitrogens with zero attached hydrogens (tertiary/aromatic N) is 2. The van der Waals surface area contributed by atoms with Crippen LogP contribution in [0.5, 0.6) is 0 Å². The fourth-order valence-electron chi connectivity index (χ4n) is 2.54. The Morgan fingerprint density at radius 3 is 2.25 bits per heavy atom. The van der Waals surface area contributed by atoms with Crippen molar-refractivity contribution >= 4 is 10.0 Å². The second-order valence-corrected chi connectivity index (χ2v) is 8.92. The number of aryl methyl sites for hydroxylation is 1. The van der Waals surface area contributed by atoms with E-state index in [1.54, 1.807) is 12.4 Å². The van der Waals surface area contributed by atoms with Crippen molar-refractivity contribution < 1.29 is 8.42 Å². The lowest BCUT2D eigenvalue weighted by Gasteiger charge is -2.24. The van der Waals surface area contributed by atoms with Crippen molar-refractivity contribution in [2.45, 2.75) is 51.5 Å². The summed E-state index contributed by atoms with van der Waals surface area (Å²) in [6, 6.07) is 9.41. The molecule has 0 saturated carbocycles. The summed E-state index contributed by atoms with van der Waals surface area (Å²) in [6.45, 7) is 10.7. The lowest BCUT2D eigenvalue weighted by atomic mass is 9.87. The highest BCUT2D eigenvalue weighted by Gasteiger charge is 2.27. The number of benzene rings is 1. The van der Waals surface area contributed by atoms with Crippen molar-refractivity contribution in [3.05, 3.63) is 59.4 Å². The fourth-order valence-corrected chi connectivity index (χ4v) is 4.23. The molecule has 0 aliphatic heterocycles.